The quantitative estimate of drug-likeness (QED) is 0.704. The number of hydrogen-bond acceptors (Lipinski definition) is 3. The van der Waals surface area contributed by atoms with Crippen LogP contribution in [0.4, 0.5) is 5.69 Å². The molecule has 4 heteroatoms. The summed E-state index contributed by atoms with van der Waals surface area (Å²) in [6.07, 6.45) is 1.11. The van der Waals surface area contributed by atoms with Gasteiger partial charge in [0.1, 0.15) is 0 Å². The molecule has 1 aromatic rings. The van der Waals surface area contributed by atoms with Crippen molar-refractivity contribution in [3.63, 3.8) is 0 Å². The molecule has 0 aliphatic carbocycles. The first-order valence-electron chi connectivity index (χ1n) is 7.35. The van der Waals surface area contributed by atoms with E-state index in [1.165, 1.54) is 5.56 Å². The van der Waals surface area contributed by atoms with Gasteiger partial charge in [0.2, 0.25) is 0 Å². The minimum absolute atomic E-state index is 0.438. The zero-order chi connectivity index (χ0) is 15.0. The average molecular weight is 299 g/mol. The number of rotatable bonds is 9. The second kappa shape index (κ2) is 9.22. The van der Waals surface area contributed by atoms with E-state index in [1.807, 2.05) is 12.1 Å². The van der Waals surface area contributed by atoms with E-state index >= 15 is 0 Å². The standard InChI is InChI=1S/C16H27ClN2O/c1-5-10-19(13(2)3)16-14(7-6-8-15(16)17)12-18-9-11-20-4/h6-8,13,18H,5,9-12H2,1-4H3. The van der Waals surface area contributed by atoms with Gasteiger partial charge < -0.3 is 15.0 Å². The molecule has 1 aromatic carbocycles. The van der Waals surface area contributed by atoms with Crippen molar-refractivity contribution in [1.29, 1.82) is 0 Å². The molecular formula is C16H27ClN2O. The predicted octanol–water partition coefficient (Wildman–Crippen LogP) is 3.70. The van der Waals surface area contributed by atoms with Gasteiger partial charge in [-0.3, -0.25) is 0 Å². The van der Waals surface area contributed by atoms with Crippen molar-refractivity contribution in [3.8, 4) is 0 Å². The van der Waals surface area contributed by atoms with E-state index in [9.17, 15) is 0 Å². The molecule has 0 aromatic heterocycles. The lowest BCUT2D eigenvalue weighted by molar-refractivity contribution is 0.199. The van der Waals surface area contributed by atoms with Crippen molar-refractivity contribution < 1.29 is 4.74 Å². The average Bonchev–Trinajstić information content (AvgIpc) is 2.42. The van der Waals surface area contributed by atoms with Gasteiger partial charge in [-0.05, 0) is 31.9 Å². The molecule has 0 saturated heterocycles. The Balaban J connectivity index is 2.91. The van der Waals surface area contributed by atoms with Crippen LogP contribution in [0.2, 0.25) is 5.02 Å². The third-order valence-corrected chi connectivity index (χ3v) is 3.55. The highest BCUT2D eigenvalue weighted by molar-refractivity contribution is 6.33. The van der Waals surface area contributed by atoms with E-state index in [0.717, 1.165) is 43.4 Å². The van der Waals surface area contributed by atoms with Crippen molar-refractivity contribution in [2.24, 2.45) is 0 Å². The second-order valence-electron chi connectivity index (χ2n) is 5.20. The summed E-state index contributed by atoms with van der Waals surface area (Å²) >= 11 is 6.45. The highest BCUT2D eigenvalue weighted by Gasteiger charge is 2.16. The summed E-state index contributed by atoms with van der Waals surface area (Å²) in [5.41, 5.74) is 2.41. The van der Waals surface area contributed by atoms with Crippen LogP contribution in [0.25, 0.3) is 0 Å². The number of methoxy groups -OCH3 is 1. The molecule has 20 heavy (non-hydrogen) atoms. The zero-order valence-corrected chi connectivity index (χ0v) is 13.8. The van der Waals surface area contributed by atoms with E-state index in [1.54, 1.807) is 7.11 Å². The van der Waals surface area contributed by atoms with Crippen LogP contribution < -0.4 is 10.2 Å². The molecular weight excluding hydrogens is 272 g/mol. The SMILES string of the molecule is CCCN(c1c(Cl)cccc1CNCCOC)C(C)C. The summed E-state index contributed by atoms with van der Waals surface area (Å²) in [6, 6.07) is 6.57. The molecule has 0 aliphatic rings. The van der Waals surface area contributed by atoms with E-state index in [2.05, 4.69) is 37.1 Å². The predicted molar refractivity (Wildman–Crippen MR) is 87.8 cm³/mol. The third kappa shape index (κ3) is 4.97. The Morgan fingerprint density at radius 3 is 2.70 bits per heavy atom. The van der Waals surface area contributed by atoms with Gasteiger partial charge in [-0.2, -0.15) is 0 Å². The normalized spacial score (nSPS) is 11.1. The zero-order valence-electron chi connectivity index (χ0n) is 13.1. The van der Waals surface area contributed by atoms with E-state index < -0.39 is 0 Å². The van der Waals surface area contributed by atoms with Crippen LogP contribution in [0.3, 0.4) is 0 Å². The van der Waals surface area contributed by atoms with Gasteiger partial charge in [0.15, 0.2) is 0 Å². The van der Waals surface area contributed by atoms with Crippen LogP contribution in [0.5, 0.6) is 0 Å². The molecule has 0 fully saturated rings. The van der Waals surface area contributed by atoms with Crippen LogP contribution in [-0.2, 0) is 11.3 Å². The summed E-state index contributed by atoms with van der Waals surface area (Å²) in [4.78, 5) is 2.38. The van der Waals surface area contributed by atoms with E-state index in [4.69, 9.17) is 16.3 Å². The highest BCUT2D eigenvalue weighted by Crippen LogP contribution is 2.31. The molecule has 3 nitrogen and oxygen atoms in total. The van der Waals surface area contributed by atoms with Crippen molar-refractivity contribution in [2.75, 3.05) is 31.7 Å². The van der Waals surface area contributed by atoms with Crippen LogP contribution in [0.15, 0.2) is 18.2 Å². The van der Waals surface area contributed by atoms with Gasteiger partial charge in [0.25, 0.3) is 0 Å². The Morgan fingerprint density at radius 1 is 1.35 bits per heavy atom. The first kappa shape index (κ1) is 17.3. The molecule has 0 aliphatic heterocycles. The van der Waals surface area contributed by atoms with Crippen LogP contribution in [0.1, 0.15) is 32.8 Å². The second-order valence-corrected chi connectivity index (χ2v) is 5.61. The van der Waals surface area contributed by atoms with E-state index in [-0.39, 0.29) is 0 Å². The minimum Gasteiger partial charge on any atom is -0.383 e. The van der Waals surface area contributed by atoms with Crippen molar-refractivity contribution >= 4 is 17.3 Å². The van der Waals surface area contributed by atoms with Crippen molar-refractivity contribution in [1.82, 2.24) is 5.32 Å². The molecule has 1 N–H and O–H groups in total. The van der Waals surface area contributed by atoms with Crippen LogP contribution in [0, 0.1) is 0 Å². The van der Waals surface area contributed by atoms with Crippen LogP contribution >= 0.6 is 11.6 Å². The first-order valence-corrected chi connectivity index (χ1v) is 7.73. The monoisotopic (exact) mass is 298 g/mol. The minimum atomic E-state index is 0.438. The number of nitrogens with zero attached hydrogens (tertiary/aromatic N) is 1. The Labute approximate surface area is 128 Å². The molecule has 114 valence electrons. The Morgan fingerprint density at radius 2 is 2.10 bits per heavy atom. The smallest absolute Gasteiger partial charge is 0.0643 e. The lowest BCUT2D eigenvalue weighted by atomic mass is 10.1. The van der Waals surface area contributed by atoms with Gasteiger partial charge >= 0.3 is 0 Å². The largest absolute Gasteiger partial charge is 0.383 e. The summed E-state index contributed by atoms with van der Waals surface area (Å²) in [5.74, 6) is 0. The topological polar surface area (TPSA) is 24.5 Å². The molecule has 0 heterocycles. The molecule has 0 radical (unpaired) electrons. The fraction of sp³-hybridized carbons (Fsp3) is 0.625. The number of hydrogen-bond donors (Lipinski definition) is 1. The molecule has 0 bridgehead atoms. The van der Waals surface area contributed by atoms with Crippen molar-refractivity contribution in [3.05, 3.63) is 28.8 Å². The molecule has 1 rings (SSSR count). The lowest BCUT2D eigenvalue weighted by Gasteiger charge is -2.31. The maximum absolute atomic E-state index is 6.45. The molecule has 0 amide bonds. The van der Waals surface area contributed by atoms with Gasteiger partial charge in [-0.1, -0.05) is 30.7 Å². The number of anilines is 1. The number of nitrogens with one attached hydrogen (secondary N) is 1. The maximum atomic E-state index is 6.45. The summed E-state index contributed by atoms with van der Waals surface area (Å²) in [5, 5.41) is 4.23. The lowest BCUT2D eigenvalue weighted by Crippen LogP contribution is -2.33. The summed E-state index contributed by atoms with van der Waals surface area (Å²) < 4.78 is 5.06. The number of benzene rings is 1. The fourth-order valence-corrected chi connectivity index (χ4v) is 2.59. The number of para-hydroxylation sites is 1. The maximum Gasteiger partial charge on any atom is 0.0643 e. The Kier molecular flexibility index (Phi) is 7.97. The van der Waals surface area contributed by atoms with Gasteiger partial charge in [0, 0.05) is 32.8 Å². The first-order chi connectivity index (χ1) is 9.61. The van der Waals surface area contributed by atoms with Crippen LogP contribution in [-0.4, -0.2) is 32.8 Å². The van der Waals surface area contributed by atoms with E-state index in [0.29, 0.717) is 6.04 Å². The number of halogens is 1. The molecule has 0 saturated carbocycles. The summed E-state index contributed by atoms with van der Waals surface area (Å²) in [7, 11) is 1.72. The Bertz CT molecular complexity index is 396. The Hall–Kier alpha value is -0.770. The number of ether oxygens (including phenoxy) is 1. The van der Waals surface area contributed by atoms with Gasteiger partial charge in [-0.25, -0.2) is 0 Å². The third-order valence-electron chi connectivity index (χ3n) is 3.24. The molecule has 0 atom stereocenters. The van der Waals surface area contributed by atoms with Crippen molar-refractivity contribution in [2.45, 2.75) is 39.8 Å². The molecule has 0 spiro atoms. The van der Waals surface area contributed by atoms with Gasteiger partial charge in [0.05, 0.1) is 17.3 Å². The fourth-order valence-electron chi connectivity index (χ4n) is 2.29. The highest BCUT2D eigenvalue weighted by atomic mass is 35.5. The molecule has 0 unspecified atom stereocenters. The summed E-state index contributed by atoms with van der Waals surface area (Å²) in [6.45, 7) is 10.0. The van der Waals surface area contributed by atoms with Gasteiger partial charge in [-0.15, -0.1) is 0 Å².